The number of hydrazine groups is 1. The largest absolute Gasteiger partial charge is 0.379 e. The van der Waals surface area contributed by atoms with Crippen molar-refractivity contribution in [3.8, 4) is 0 Å². The third-order valence-corrected chi connectivity index (χ3v) is 4.01. The number of benzene rings is 1. The number of ether oxygens (including phenoxy) is 1. The standard InChI is InChI=1S/C10H13N3O5S/c14-13(15)9-1-3-10(4-2-9)19(16,17)11-12-5-7-18-8-6-12/h1-4,11H,5-8H2. The molecule has 8 nitrogen and oxygen atoms in total. The van der Waals surface area contributed by atoms with Crippen molar-refractivity contribution in [1.29, 1.82) is 0 Å². The Morgan fingerprint density at radius 1 is 1.21 bits per heavy atom. The summed E-state index contributed by atoms with van der Waals surface area (Å²) >= 11 is 0. The molecule has 1 heterocycles. The number of nitro groups is 1. The predicted molar refractivity (Wildman–Crippen MR) is 65.8 cm³/mol. The number of nitrogens with one attached hydrogen (secondary N) is 1. The van der Waals surface area contributed by atoms with Gasteiger partial charge in [0.25, 0.3) is 15.7 Å². The van der Waals surface area contributed by atoms with Gasteiger partial charge in [-0.25, -0.2) is 13.4 Å². The van der Waals surface area contributed by atoms with E-state index in [-0.39, 0.29) is 10.6 Å². The first kappa shape index (κ1) is 13.9. The molecule has 1 aromatic rings. The van der Waals surface area contributed by atoms with Gasteiger partial charge in [0.1, 0.15) is 0 Å². The molecule has 0 spiro atoms. The van der Waals surface area contributed by atoms with E-state index in [0.717, 1.165) is 12.1 Å². The van der Waals surface area contributed by atoms with Crippen molar-refractivity contribution >= 4 is 15.7 Å². The summed E-state index contributed by atoms with van der Waals surface area (Å²) in [6.07, 6.45) is 0. The van der Waals surface area contributed by atoms with Gasteiger partial charge in [0.05, 0.1) is 23.0 Å². The number of rotatable bonds is 4. The maximum Gasteiger partial charge on any atom is 0.269 e. The number of non-ortho nitro benzene ring substituents is 1. The molecule has 1 fully saturated rings. The highest BCUT2D eigenvalue weighted by atomic mass is 32.2. The zero-order valence-corrected chi connectivity index (χ0v) is 10.8. The smallest absolute Gasteiger partial charge is 0.269 e. The van der Waals surface area contributed by atoms with Crippen LogP contribution in [-0.4, -0.2) is 44.7 Å². The number of sulfonamides is 1. The Labute approximate surface area is 110 Å². The van der Waals surface area contributed by atoms with E-state index in [1.165, 1.54) is 12.1 Å². The lowest BCUT2D eigenvalue weighted by Crippen LogP contribution is -2.48. The molecule has 2 rings (SSSR count). The van der Waals surface area contributed by atoms with E-state index in [1.54, 1.807) is 5.01 Å². The summed E-state index contributed by atoms with van der Waals surface area (Å²) in [6, 6.07) is 4.74. The summed E-state index contributed by atoms with van der Waals surface area (Å²) < 4.78 is 29.1. The van der Waals surface area contributed by atoms with Crippen LogP contribution in [0.4, 0.5) is 5.69 Å². The van der Waals surface area contributed by atoms with Crippen molar-refractivity contribution in [3.63, 3.8) is 0 Å². The van der Waals surface area contributed by atoms with Crippen molar-refractivity contribution in [2.75, 3.05) is 26.3 Å². The van der Waals surface area contributed by atoms with Crippen LogP contribution >= 0.6 is 0 Å². The minimum atomic E-state index is -3.70. The molecule has 104 valence electrons. The minimum absolute atomic E-state index is 0.00964. The summed E-state index contributed by atoms with van der Waals surface area (Å²) in [5, 5.41) is 12.0. The van der Waals surface area contributed by atoms with Crippen LogP contribution < -0.4 is 4.83 Å². The zero-order chi connectivity index (χ0) is 13.9. The molecule has 0 atom stereocenters. The third-order valence-electron chi connectivity index (χ3n) is 2.62. The van der Waals surface area contributed by atoms with E-state index >= 15 is 0 Å². The van der Waals surface area contributed by atoms with Crippen molar-refractivity contribution in [2.24, 2.45) is 0 Å². The molecular weight excluding hydrogens is 274 g/mol. The first-order valence-corrected chi connectivity index (χ1v) is 7.07. The number of nitro benzene ring substituents is 1. The normalized spacial score (nSPS) is 17.3. The number of hydrogen-bond donors (Lipinski definition) is 1. The van der Waals surface area contributed by atoms with Gasteiger partial charge in [-0.15, -0.1) is 4.83 Å². The van der Waals surface area contributed by atoms with E-state index in [0.29, 0.717) is 26.3 Å². The fourth-order valence-corrected chi connectivity index (χ4v) is 2.75. The average molecular weight is 287 g/mol. The summed E-state index contributed by atoms with van der Waals surface area (Å²) in [5.41, 5.74) is -0.148. The van der Waals surface area contributed by atoms with Crippen LogP contribution in [0, 0.1) is 10.1 Å². The molecule has 1 aromatic carbocycles. The monoisotopic (exact) mass is 287 g/mol. The van der Waals surface area contributed by atoms with Gasteiger partial charge in [-0.2, -0.15) is 0 Å². The van der Waals surface area contributed by atoms with Crippen LogP contribution in [0.2, 0.25) is 0 Å². The lowest BCUT2D eigenvalue weighted by Gasteiger charge is -2.26. The number of nitrogens with zero attached hydrogens (tertiary/aromatic N) is 2. The van der Waals surface area contributed by atoms with Gasteiger partial charge in [-0.1, -0.05) is 0 Å². The quantitative estimate of drug-likeness (QED) is 0.623. The molecule has 1 N–H and O–H groups in total. The van der Waals surface area contributed by atoms with E-state index in [4.69, 9.17) is 4.74 Å². The molecule has 19 heavy (non-hydrogen) atoms. The highest BCUT2D eigenvalue weighted by Crippen LogP contribution is 2.15. The third kappa shape index (κ3) is 3.47. The van der Waals surface area contributed by atoms with Crippen LogP contribution in [0.1, 0.15) is 0 Å². The minimum Gasteiger partial charge on any atom is -0.379 e. The molecule has 0 saturated carbocycles. The topological polar surface area (TPSA) is 102 Å². The Kier molecular flexibility index (Phi) is 4.10. The second-order valence-corrected chi connectivity index (χ2v) is 5.61. The van der Waals surface area contributed by atoms with E-state index in [1.807, 2.05) is 0 Å². The fourth-order valence-electron chi connectivity index (χ4n) is 1.62. The molecule has 0 aromatic heterocycles. The van der Waals surface area contributed by atoms with Gasteiger partial charge < -0.3 is 4.74 Å². The molecule has 0 unspecified atom stereocenters. The van der Waals surface area contributed by atoms with Crippen molar-refractivity contribution in [1.82, 2.24) is 9.84 Å². The summed E-state index contributed by atoms with van der Waals surface area (Å²) in [5.74, 6) is 0. The van der Waals surface area contributed by atoms with E-state index in [9.17, 15) is 18.5 Å². The van der Waals surface area contributed by atoms with Gasteiger partial charge in [0, 0.05) is 25.2 Å². The van der Waals surface area contributed by atoms with E-state index in [2.05, 4.69) is 4.83 Å². The van der Waals surface area contributed by atoms with Crippen molar-refractivity contribution < 1.29 is 18.1 Å². The van der Waals surface area contributed by atoms with Gasteiger partial charge in [-0.3, -0.25) is 10.1 Å². The van der Waals surface area contributed by atoms with Crippen LogP contribution in [0.15, 0.2) is 29.2 Å². The van der Waals surface area contributed by atoms with Crippen molar-refractivity contribution in [3.05, 3.63) is 34.4 Å². The van der Waals surface area contributed by atoms with Crippen LogP contribution in [0.3, 0.4) is 0 Å². The summed E-state index contributed by atoms with van der Waals surface area (Å²) in [7, 11) is -3.70. The Morgan fingerprint density at radius 2 is 1.79 bits per heavy atom. The van der Waals surface area contributed by atoms with E-state index < -0.39 is 14.9 Å². The second-order valence-electron chi connectivity index (χ2n) is 3.95. The molecule has 0 amide bonds. The van der Waals surface area contributed by atoms with Gasteiger partial charge in [0.2, 0.25) is 0 Å². The molecule has 1 aliphatic heterocycles. The highest BCUT2D eigenvalue weighted by Gasteiger charge is 2.20. The molecule has 0 aliphatic carbocycles. The Morgan fingerprint density at radius 3 is 2.32 bits per heavy atom. The van der Waals surface area contributed by atoms with Crippen LogP contribution in [0.25, 0.3) is 0 Å². The van der Waals surface area contributed by atoms with Gasteiger partial charge in [-0.05, 0) is 12.1 Å². The first-order chi connectivity index (χ1) is 8.99. The van der Waals surface area contributed by atoms with Crippen LogP contribution in [-0.2, 0) is 14.8 Å². The zero-order valence-electron chi connectivity index (χ0n) is 9.98. The lowest BCUT2D eigenvalue weighted by molar-refractivity contribution is -0.384. The highest BCUT2D eigenvalue weighted by molar-refractivity contribution is 7.89. The Balaban J connectivity index is 2.12. The predicted octanol–water partition coefficient (Wildman–Crippen LogP) is 0.120. The molecule has 1 saturated heterocycles. The van der Waals surface area contributed by atoms with Crippen LogP contribution in [0.5, 0.6) is 0 Å². The first-order valence-electron chi connectivity index (χ1n) is 5.59. The van der Waals surface area contributed by atoms with Gasteiger partial charge in [0.15, 0.2) is 0 Å². The molecular formula is C10H13N3O5S. The Hall–Kier alpha value is -1.55. The van der Waals surface area contributed by atoms with Crippen molar-refractivity contribution in [2.45, 2.75) is 4.90 Å². The molecule has 0 radical (unpaired) electrons. The molecule has 9 heteroatoms. The fraction of sp³-hybridized carbons (Fsp3) is 0.400. The summed E-state index contributed by atoms with van der Waals surface area (Å²) in [6.45, 7) is 1.85. The summed E-state index contributed by atoms with van der Waals surface area (Å²) in [4.78, 5) is 12.3. The number of hydrogen-bond acceptors (Lipinski definition) is 6. The molecule has 1 aliphatic rings. The second kappa shape index (κ2) is 5.61. The average Bonchev–Trinajstić information content (AvgIpc) is 2.39. The Bertz CT molecular complexity index is 551. The lowest BCUT2D eigenvalue weighted by atomic mass is 10.3. The maximum absolute atomic E-state index is 12.0. The molecule has 0 bridgehead atoms. The SMILES string of the molecule is O=[N+]([O-])c1ccc(S(=O)(=O)NN2CCOCC2)cc1. The van der Waals surface area contributed by atoms with Gasteiger partial charge >= 0.3 is 0 Å². The number of morpholine rings is 1. The maximum atomic E-state index is 12.0.